The van der Waals surface area contributed by atoms with Gasteiger partial charge >= 0.3 is 0 Å². The lowest BCUT2D eigenvalue weighted by atomic mass is 10.0. The van der Waals surface area contributed by atoms with E-state index in [0.717, 1.165) is 16.5 Å². The van der Waals surface area contributed by atoms with Crippen molar-refractivity contribution in [1.82, 2.24) is 0 Å². The third-order valence-electron chi connectivity index (χ3n) is 4.48. The molecule has 0 atom stereocenters. The number of allylic oxidation sites excluding steroid dienone is 1. The van der Waals surface area contributed by atoms with Gasteiger partial charge in [-0.3, -0.25) is 14.9 Å². The summed E-state index contributed by atoms with van der Waals surface area (Å²) in [7, 11) is 4.43. The molecular formula is C22H19NO6. The van der Waals surface area contributed by atoms with Gasteiger partial charge in [-0.15, -0.1) is 0 Å². The molecule has 7 heteroatoms. The number of nitro groups is 1. The van der Waals surface area contributed by atoms with Gasteiger partial charge in [0.25, 0.3) is 5.69 Å². The normalized spacial score (nSPS) is 10.9. The van der Waals surface area contributed by atoms with Crippen molar-refractivity contribution < 1.29 is 23.9 Å². The number of carbonyl (C=O) groups is 1. The maximum atomic E-state index is 12.6. The molecule has 0 aromatic heterocycles. The number of benzene rings is 3. The molecule has 0 aliphatic carbocycles. The molecule has 0 saturated carbocycles. The van der Waals surface area contributed by atoms with Crippen LogP contribution in [0.2, 0.25) is 0 Å². The van der Waals surface area contributed by atoms with Crippen molar-refractivity contribution in [2.45, 2.75) is 0 Å². The number of rotatable bonds is 7. The van der Waals surface area contributed by atoms with Crippen molar-refractivity contribution in [3.63, 3.8) is 0 Å². The van der Waals surface area contributed by atoms with Gasteiger partial charge < -0.3 is 14.2 Å². The minimum absolute atomic E-state index is 0.183. The molecule has 148 valence electrons. The third kappa shape index (κ3) is 4.19. The average molecular weight is 393 g/mol. The second-order valence-electron chi connectivity index (χ2n) is 6.15. The smallest absolute Gasteiger partial charge is 0.280 e. The number of carbonyl (C=O) groups excluding carboxylic acids is 1. The number of hydrogen-bond donors (Lipinski definition) is 0. The standard InChI is InChI=1S/C22H19NO6/c1-27-18-8-6-14-10-17(5-4-15(14)11-18)20(24)9-7-16-12-21(28-2)22(29-3)13-19(16)23(25)26/h4-13H,1-3H3/b9-7+. The van der Waals surface area contributed by atoms with E-state index in [1.54, 1.807) is 19.2 Å². The second-order valence-corrected chi connectivity index (χ2v) is 6.15. The van der Waals surface area contributed by atoms with Crippen LogP contribution in [0, 0.1) is 10.1 Å². The van der Waals surface area contributed by atoms with Crippen LogP contribution in [0.15, 0.2) is 54.6 Å². The highest BCUT2D eigenvalue weighted by atomic mass is 16.6. The Hall–Kier alpha value is -3.87. The highest BCUT2D eigenvalue weighted by molar-refractivity contribution is 6.09. The van der Waals surface area contributed by atoms with Crippen LogP contribution in [-0.2, 0) is 0 Å². The molecule has 0 unspecified atom stereocenters. The predicted molar refractivity (Wildman–Crippen MR) is 110 cm³/mol. The van der Waals surface area contributed by atoms with Gasteiger partial charge in [-0.2, -0.15) is 0 Å². The quantitative estimate of drug-likeness (QED) is 0.251. The fraction of sp³-hybridized carbons (Fsp3) is 0.136. The molecule has 29 heavy (non-hydrogen) atoms. The summed E-state index contributed by atoms with van der Waals surface area (Å²) in [5, 5.41) is 13.2. The van der Waals surface area contributed by atoms with Gasteiger partial charge in [-0.05, 0) is 47.2 Å². The minimum atomic E-state index is -0.532. The molecule has 0 N–H and O–H groups in total. The van der Waals surface area contributed by atoms with E-state index >= 15 is 0 Å². The predicted octanol–water partition coefficient (Wildman–Crippen LogP) is 4.67. The van der Waals surface area contributed by atoms with Crippen LogP contribution in [-0.4, -0.2) is 32.0 Å². The van der Waals surface area contributed by atoms with Crippen molar-refractivity contribution in [2.75, 3.05) is 21.3 Å². The van der Waals surface area contributed by atoms with Gasteiger partial charge in [0.2, 0.25) is 0 Å². The van der Waals surface area contributed by atoms with Crippen LogP contribution in [0.5, 0.6) is 17.2 Å². The van der Waals surface area contributed by atoms with Gasteiger partial charge in [0.05, 0.1) is 37.9 Å². The van der Waals surface area contributed by atoms with Crippen LogP contribution in [0.4, 0.5) is 5.69 Å². The van der Waals surface area contributed by atoms with E-state index in [-0.39, 0.29) is 22.8 Å². The van der Waals surface area contributed by atoms with Crippen molar-refractivity contribution >= 4 is 28.3 Å². The van der Waals surface area contributed by atoms with Crippen LogP contribution in [0.1, 0.15) is 15.9 Å². The first kappa shape index (κ1) is 19.9. The first-order valence-electron chi connectivity index (χ1n) is 8.67. The fourth-order valence-corrected chi connectivity index (χ4v) is 2.94. The minimum Gasteiger partial charge on any atom is -0.497 e. The SMILES string of the molecule is COc1ccc2cc(C(=O)/C=C/c3cc(OC)c(OC)cc3[N+](=O)[O-])ccc2c1. The Balaban J connectivity index is 1.94. The largest absolute Gasteiger partial charge is 0.497 e. The first-order chi connectivity index (χ1) is 14.0. The Bertz CT molecular complexity index is 1120. The molecule has 0 amide bonds. The summed E-state index contributed by atoms with van der Waals surface area (Å²) in [4.78, 5) is 23.5. The lowest BCUT2D eigenvalue weighted by Gasteiger charge is -2.08. The van der Waals surface area contributed by atoms with Crippen LogP contribution in [0.3, 0.4) is 0 Å². The maximum Gasteiger partial charge on any atom is 0.280 e. The Morgan fingerprint density at radius 3 is 2.21 bits per heavy atom. The molecule has 3 aromatic rings. The lowest BCUT2D eigenvalue weighted by molar-refractivity contribution is -0.385. The number of ketones is 1. The van der Waals surface area contributed by atoms with Crippen molar-refractivity contribution in [1.29, 1.82) is 0 Å². The zero-order valence-electron chi connectivity index (χ0n) is 16.2. The van der Waals surface area contributed by atoms with Crippen LogP contribution >= 0.6 is 0 Å². The molecular weight excluding hydrogens is 374 g/mol. The zero-order valence-corrected chi connectivity index (χ0v) is 16.2. The van der Waals surface area contributed by atoms with Gasteiger partial charge in [0.1, 0.15) is 5.75 Å². The Kier molecular flexibility index (Phi) is 5.78. The maximum absolute atomic E-state index is 12.6. The number of fused-ring (bicyclic) bond motifs is 1. The third-order valence-corrected chi connectivity index (χ3v) is 4.48. The van der Waals surface area contributed by atoms with Crippen LogP contribution in [0.25, 0.3) is 16.8 Å². The number of methoxy groups -OCH3 is 3. The summed E-state index contributed by atoms with van der Waals surface area (Å²) in [6, 6.07) is 13.6. The molecule has 3 aromatic carbocycles. The lowest BCUT2D eigenvalue weighted by Crippen LogP contribution is -1.98. The van der Waals surface area contributed by atoms with Crippen molar-refractivity contribution in [3.8, 4) is 17.2 Å². The summed E-state index contributed by atoms with van der Waals surface area (Å²) >= 11 is 0. The summed E-state index contributed by atoms with van der Waals surface area (Å²) < 4.78 is 15.5. The van der Waals surface area contributed by atoms with Gasteiger partial charge in [0.15, 0.2) is 17.3 Å². The molecule has 0 aliphatic rings. The summed E-state index contributed by atoms with van der Waals surface area (Å²) in [5.41, 5.74) is 0.533. The van der Waals surface area contributed by atoms with Gasteiger partial charge in [-0.1, -0.05) is 18.2 Å². The highest BCUT2D eigenvalue weighted by Crippen LogP contribution is 2.35. The fourth-order valence-electron chi connectivity index (χ4n) is 2.94. The molecule has 3 rings (SSSR count). The average Bonchev–Trinajstić information content (AvgIpc) is 2.75. The Morgan fingerprint density at radius 1 is 0.897 bits per heavy atom. The Morgan fingerprint density at radius 2 is 1.55 bits per heavy atom. The van der Waals surface area contributed by atoms with Crippen molar-refractivity contribution in [3.05, 3.63) is 75.8 Å². The van der Waals surface area contributed by atoms with Crippen molar-refractivity contribution in [2.24, 2.45) is 0 Å². The zero-order chi connectivity index (χ0) is 21.0. The topological polar surface area (TPSA) is 87.9 Å². The molecule has 0 spiro atoms. The Labute approximate surface area is 167 Å². The van der Waals surface area contributed by atoms with E-state index in [0.29, 0.717) is 11.3 Å². The van der Waals surface area contributed by atoms with E-state index in [2.05, 4.69) is 0 Å². The number of nitro benzene ring substituents is 1. The molecule has 7 nitrogen and oxygen atoms in total. The molecule has 0 fully saturated rings. The summed E-state index contributed by atoms with van der Waals surface area (Å²) in [6.07, 6.45) is 2.71. The molecule has 0 aliphatic heterocycles. The van der Waals surface area contributed by atoms with E-state index in [9.17, 15) is 14.9 Å². The van der Waals surface area contributed by atoms with E-state index < -0.39 is 4.92 Å². The number of ether oxygens (including phenoxy) is 3. The number of nitrogens with zero attached hydrogens (tertiary/aromatic N) is 1. The van der Waals surface area contributed by atoms with Crippen LogP contribution < -0.4 is 14.2 Å². The van der Waals surface area contributed by atoms with E-state index in [1.165, 1.54) is 38.5 Å². The van der Waals surface area contributed by atoms with Gasteiger partial charge in [0, 0.05) is 5.56 Å². The molecule has 0 saturated heterocycles. The van der Waals surface area contributed by atoms with E-state index in [1.807, 2.05) is 24.3 Å². The summed E-state index contributed by atoms with van der Waals surface area (Å²) in [6.45, 7) is 0. The molecule has 0 heterocycles. The first-order valence-corrected chi connectivity index (χ1v) is 8.67. The molecule has 0 radical (unpaired) electrons. The van der Waals surface area contributed by atoms with Gasteiger partial charge in [-0.25, -0.2) is 0 Å². The molecule has 0 bridgehead atoms. The second kappa shape index (κ2) is 8.43. The summed E-state index contributed by atoms with van der Waals surface area (Å²) in [5.74, 6) is 1.04. The monoisotopic (exact) mass is 393 g/mol. The highest BCUT2D eigenvalue weighted by Gasteiger charge is 2.18. The van der Waals surface area contributed by atoms with E-state index in [4.69, 9.17) is 14.2 Å². The number of hydrogen-bond acceptors (Lipinski definition) is 6.